The van der Waals surface area contributed by atoms with Crippen LogP contribution in [0, 0.1) is 0 Å². The van der Waals surface area contributed by atoms with Crippen LogP contribution < -0.4 is 10.5 Å². The maximum Gasteiger partial charge on any atom is 0.338 e. The van der Waals surface area contributed by atoms with Crippen LogP contribution in [0.25, 0.3) is 0 Å². The number of nitrogens with zero attached hydrogens (tertiary/aromatic N) is 1. The first kappa shape index (κ1) is 12.9. The number of aromatic carboxylic acids is 1. The van der Waals surface area contributed by atoms with Crippen molar-refractivity contribution >= 4 is 11.7 Å². The standard InChI is InChI=1S/C14H14N2O3/c1-9(10-5-3-2-4-6-10)19-13-7-11(14(17)18)12(15)8-16-13/h2-9H,15H2,1H3,(H,17,18). The summed E-state index contributed by atoms with van der Waals surface area (Å²) in [5.74, 6) is -0.861. The van der Waals surface area contributed by atoms with Gasteiger partial charge in [-0.3, -0.25) is 0 Å². The Morgan fingerprint density at radius 1 is 1.37 bits per heavy atom. The molecule has 0 amide bonds. The molecule has 0 fully saturated rings. The average molecular weight is 258 g/mol. The van der Waals surface area contributed by atoms with Crippen molar-refractivity contribution in [2.24, 2.45) is 0 Å². The van der Waals surface area contributed by atoms with E-state index in [1.807, 2.05) is 37.3 Å². The van der Waals surface area contributed by atoms with Crippen molar-refractivity contribution in [2.45, 2.75) is 13.0 Å². The van der Waals surface area contributed by atoms with Crippen LogP contribution in [0.15, 0.2) is 42.6 Å². The molecule has 0 radical (unpaired) electrons. The van der Waals surface area contributed by atoms with E-state index in [1.165, 1.54) is 12.3 Å². The third-order valence-corrected chi connectivity index (χ3v) is 2.71. The molecule has 1 atom stereocenters. The summed E-state index contributed by atoms with van der Waals surface area (Å²) in [6.07, 6.45) is 1.07. The van der Waals surface area contributed by atoms with Crippen molar-refractivity contribution in [3.05, 3.63) is 53.7 Å². The number of rotatable bonds is 4. The van der Waals surface area contributed by atoms with Crippen molar-refractivity contribution in [3.63, 3.8) is 0 Å². The van der Waals surface area contributed by atoms with E-state index in [2.05, 4.69) is 4.98 Å². The van der Waals surface area contributed by atoms with Gasteiger partial charge < -0.3 is 15.6 Å². The van der Waals surface area contributed by atoms with E-state index in [9.17, 15) is 4.79 Å². The molecule has 3 N–H and O–H groups in total. The predicted octanol–water partition coefficient (Wildman–Crippen LogP) is 2.50. The third kappa shape index (κ3) is 3.01. The van der Waals surface area contributed by atoms with Gasteiger partial charge in [0, 0.05) is 6.07 Å². The molecule has 1 aromatic carbocycles. The smallest absolute Gasteiger partial charge is 0.338 e. The van der Waals surface area contributed by atoms with Gasteiger partial charge in [-0.05, 0) is 12.5 Å². The molecule has 5 heteroatoms. The summed E-state index contributed by atoms with van der Waals surface area (Å²) >= 11 is 0. The van der Waals surface area contributed by atoms with Gasteiger partial charge in [-0.2, -0.15) is 0 Å². The number of carboxylic acid groups (broad SMARTS) is 1. The molecule has 19 heavy (non-hydrogen) atoms. The maximum absolute atomic E-state index is 11.0. The molecular weight excluding hydrogens is 244 g/mol. The van der Waals surface area contributed by atoms with E-state index < -0.39 is 5.97 Å². The fourth-order valence-corrected chi connectivity index (χ4v) is 1.67. The molecule has 5 nitrogen and oxygen atoms in total. The van der Waals surface area contributed by atoms with Crippen molar-refractivity contribution in [2.75, 3.05) is 5.73 Å². The first-order valence-electron chi connectivity index (χ1n) is 5.78. The lowest BCUT2D eigenvalue weighted by Crippen LogP contribution is -2.07. The lowest BCUT2D eigenvalue weighted by Gasteiger charge is -2.14. The first-order valence-corrected chi connectivity index (χ1v) is 5.78. The van der Waals surface area contributed by atoms with Crippen molar-refractivity contribution in [3.8, 4) is 5.88 Å². The monoisotopic (exact) mass is 258 g/mol. The van der Waals surface area contributed by atoms with Crippen LogP contribution in [0.5, 0.6) is 5.88 Å². The van der Waals surface area contributed by atoms with Crippen LogP contribution >= 0.6 is 0 Å². The molecular formula is C14H14N2O3. The summed E-state index contributed by atoms with van der Waals surface area (Å²) < 4.78 is 5.62. The Labute approximate surface area is 110 Å². The fourth-order valence-electron chi connectivity index (χ4n) is 1.67. The zero-order chi connectivity index (χ0) is 13.8. The molecule has 2 rings (SSSR count). The Morgan fingerprint density at radius 2 is 2.05 bits per heavy atom. The number of aromatic nitrogens is 1. The van der Waals surface area contributed by atoms with E-state index in [0.29, 0.717) is 0 Å². The van der Waals surface area contributed by atoms with E-state index in [1.54, 1.807) is 0 Å². The second-order valence-electron chi connectivity index (χ2n) is 4.09. The Hall–Kier alpha value is -2.56. The molecule has 0 aliphatic heterocycles. The number of carboxylic acids is 1. The molecule has 1 heterocycles. The summed E-state index contributed by atoms with van der Waals surface area (Å²) in [5, 5.41) is 8.98. The Balaban J connectivity index is 2.20. The maximum atomic E-state index is 11.0. The van der Waals surface area contributed by atoms with Gasteiger partial charge in [0.1, 0.15) is 6.10 Å². The molecule has 0 saturated heterocycles. The molecule has 1 aromatic heterocycles. The zero-order valence-electron chi connectivity index (χ0n) is 10.4. The highest BCUT2D eigenvalue weighted by molar-refractivity contribution is 5.93. The Bertz CT molecular complexity index is 584. The van der Waals surface area contributed by atoms with E-state index in [0.717, 1.165) is 5.56 Å². The average Bonchev–Trinajstić information content (AvgIpc) is 2.41. The van der Waals surface area contributed by atoms with Gasteiger partial charge in [0.2, 0.25) is 5.88 Å². The lowest BCUT2D eigenvalue weighted by atomic mass is 10.1. The normalized spacial score (nSPS) is 11.8. The molecule has 1 unspecified atom stereocenters. The Morgan fingerprint density at radius 3 is 2.68 bits per heavy atom. The highest BCUT2D eigenvalue weighted by atomic mass is 16.5. The number of hydrogen-bond acceptors (Lipinski definition) is 4. The lowest BCUT2D eigenvalue weighted by molar-refractivity contribution is 0.0697. The quantitative estimate of drug-likeness (QED) is 0.880. The topological polar surface area (TPSA) is 85.4 Å². The van der Waals surface area contributed by atoms with Crippen LogP contribution in [-0.4, -0.2) is 16.1 Å². The number of anilines is 1. The summed E-state index contributed by atoms with van der Waals surface area (Å²) in [6.45, 7) is 1.87. The van der Waals surface area contributed by atoms with E-state index in [4.69, 9.17) is 15.6 Å². The molecule has 98 valence electrons. The van der Waals surface area contributed by atoms with Gasteiger partial charge in [0.25, 0.3) is 0 Å². The van der Waals surface area contributed by atoms with Gasteiger partial charge in [-0.1, -0.05) is 30.3 Å². The van der Waals surface area contributed by atoms with Crippen LogP contribution in [0.2, 0.25) is 0 Å². The minimum absolute atomic E-state index is 0.00902. The summed E-state index contributed by atoms with van der Waals surface area (Å²) in [4.78, 5) is 14.9. The summed E-state index contributed by atoms with van der Waals surface area (Å²) in [5.41, 5.74) is 6.63. The molecule has 0 aliphatic carbocycles. The summed E-state index contributed by atoms with van der Waals surface area (Å²) in [7, 11) is 0. The van der Waals surface area contributed by atoms with Crippen LogP contribution in [0.4, 0.5) is 5.69 Å². The van der Waals surface area contributed by atoms with Crippen LogP contribution in [0.3, 0.4) is 0 Å². The van der Waals surface area contributed by atoms with Crippen molar-refractivity contribution in [1.29, 1.82) is 0 Å². The van der Waals surface area contributed by atoms with Gasteiger partial charge in [0.15, 0.2) is 0 Å². The summed E-state index contributed by atoms with van der Waals surface area (Å²) in [6, 6.07) is 10.9. The SMILES string of the molecule is CC(Oc1cc(C(=O)O)c(N)cn1)c1ccccc1. The van der Waals surface area contributed by atoms with Gasteiger partial charge in [-0.25, -0.2) is 9.78 Å². The minimum Gasteiger partial charge on any atom is -0.478 e. The van der Waals surface area contributed by atoms with Gasteiger partial charge in [-0.15, -0.1) is 0 Å². The Kier molecular flexibility index (Phi) is 3.66. The number of ether oxygens (including phenoxy) is 1. The minimum atomic E-state index is -1.10. The number of nitrogen functional groups attached to an aromatic ring is 1. The van der Waals surface area contributed by atoms with Gasteiger partial charge in [0.05, 0.1) is 17.4 Å². The third-order valence-electron chi connectivity index (χ3n) is 2.71. The van der Waals surface area contributed by atoms with Crippen molar-refractivity contribution in [1.82, 2.24) is 4.98 Å². The zero-order valence-corrected chi connectivity index (χ0v) is 10.4. The molecule has 0 bridgehead atoms. The second kappa shape index (κ2) is 5.39. The predicted molar refractivity (Wildman–Crippen MR) is 71.1 cm³/mol. The fraction of sp³-hybridized carbons (Fsp3) is 0.143. The van der Waals surface area contributed by atoms with E-state index in [-0.39, 0.29) is 23.2 Å². The number of carbonyl (C=O) groups is 1. The number of hydrogen-bond donors (Lipinski definition) is 2. The molecule has 0 saturated carbocycles. The highest BCUT2D eigenvalue weighted by Crippen LogP contribution is 2.22. The largest absolute Gasteiger partial charge is 0.478 e. The number of benzene rings is 1. The molecule has 0 spiro atoms. The van der Waals surface area contributed by atoms with E-state index >= 15 is 0 Å². The number of pyridine rings is 1. The van der Waals surface area contributed by atoms with Crippen LogP contribution in [0.1, 0.15) is 28.9 Å². The molecule has 0 aliphatic rings. The second-order valence-corrected chi connectivity index (χ2v) is 4.09. The number of nitrogens with two attached hydrogens (primary N) is 1. The first-order chi connectivity index (χ1) is 9.08. The van der Waals surface area contributed by atoms with Crippen molar-refractivity contribution < 1.29 is 14.6 Å². The molecule has 2 aromatic rings. The van der Waals surface area contributed by atoms with Gasteiger partial charge >= 0.3 is 5.97 Å². The highest BCUT2D eigenvalue weighted by Gasteiger charge is 2.13. The van der Waals surface area contributed by atoms with Crippen LogP contribution in [-0.2, 0) is 0 Å².